The monoisotopic (exact) mass is 360 g/mol. The van der Waals surface area contributed by atoms with Crippen LogP contribution >= 0.6 is 0 Å². The van der Waals surface area contributed by atoms with Gasteiger partial charge in [-0.3, -0.25) is 0 Å². The Bertz CT molecular complexity index is 991. The molecule has 1 aliphatic rings. The average Bonchev–Trinajstić information content (AvgIpc) is 2.91. The number of carbonyl (C=O) groups excluding carboxylic acids is 1. The summed E-state index contributed by atoms with van der Waals surface area (Å²) in [5, 5.41) is 4.71. The Balaban J connectivity index is 1.94. The summed E-state index contributed by atoms with van der Waals surface area (Å²) in [6.07, 6.45) is 1.80. The van der Waals surface area contributed by atoms with E-state index in [1.54, 1.807) is 10.8 Å². The van der Waals surface area contributed by atoms with Gasteiger partial charge in [-0.25, -0.2) is 9.48 Å². The maximum Gasteiger partial charge on any atom is 0.334 e. The smallest absolute Gasteiger partial charge is 0.334 e. The number of rotatable bonds is 3. The van der Waals surface area contributed by atoms with Crippen LogP contribution in [0.1, 0.15) is 22.7 Å². The van der Waals surface area contributed by atoms with E-state index in [1.165, 1.54) is 7.11 Å². The fourth-order valence-electron chi connectivity index (χ4n) is 3.53. The van der Waals surface area contributed by atoms with E-state index < -0.39 is 0 Å². The molecule has 0 radical (unpaired) electrons. The summed E-state index contributed by atoms with van der Waals surface area (Å²) in [5.41, 5.74) is 4.18. The van der Waals surface area contributed by atoms with Gasteiger partial charge in [-0.05, 0) is 30.7 Å². The molecule has 1 unspecified atom stereocenters. The van der Waals surface area contributed by atoms with E-state index in [9.17, 15) is 4.79 Å². The number of hydrogen-bond donors (Lipinski definition) is 0. The maximum atomic E-state index is 12.5. The van der Waals surface area contributed by atoms with Crippen LogP contribution in [0.5, 0.6) is 5.88 Å². The van der Waals surface area contributed by atoms with Crippen molar-refractivity contribution < 1.29 is 14.3 Å². The Morgan fingerprint density at radius 3 is 2.44 bits per heavy atom. The number of benzene rings is 2. The van der Waals surface area contributed by atoms with E-state index >= 15 is 0 Å². The lowest BCUT2D eigenvalue weighted by molar-refractivity contribution is -0.136. The van der Waals surface area contributed by atoms with Gasteiger partial charge in [0.15, 0.2) is 0 Å². The van der Waals surface area contributed by atoms with Crippen molar-refractivity contribution in [1.82, 2.24) is 9.78 Å². The first-order valence-corrected chi connectivity index (χ1v) is 8.81. The number of aryl methyl sites for hydroxylation is 1. The fraction of sp³-hybridized carbons (Fsp3) is 0.182. The lowest BCUT2D eigenvalue weighted by atomic mass is 9.85. The van der Waals surface area contributed by atoms with Crippen molar-refractivity contribution in [3.05, 3.63) is 89.1 Å². The Labute approximate surface area is 157 Å². The van der Waals surface area contributed by atoms with Gasteiger partial charge in [0.2, 0.25) is 5.88 Å². The Morgan fingerprint density at radius 1 is 1.11 bits per heavy atom. The van der Waals surface area contributed by atoms with Crippen molar-refractivity contribution in [1.29, 1.82) is 0 Å². The molecule has 0 saturated heterocycles. The summed E-state index contributed by atoms with van der Waals surface area (Å²) in [4.78, 5) is 12.5. The van der Waals surface area contributed by atoms with Crippen LogP contribution in [-0.2, 0) is 9.53 Å². The van der Waals surface area contributed by atoms with Crippen LogP contribution in [0.25, 0.3) is 5.69 Å². The molecule has 5 nitrogen and oxygen atoms in total. The first-order valence-electron chi connectivity index (χ1n) is 8.81. The second-order valence-corrected chi connectivity index (χ2v) is 6.36. The highest BCUT2D eigenvalue weighted by molar-refractivity contribution is 5.91. The van der Waals surface area contributed by atoms with Gasteiger partial charge in [0.1, 0.15) is 6.61 Å². The summed E-state index contributed by atoms with van der Waals surface area (Å²) in [6, 6.07) is 19.7. The molecule has 0 bridgehead atoms. The van der Waals surface area contributed by atoms with E-state index in [4.69, 9.17) is 14.6 Å². The Hall–Kier alpha value is -3.34. The van der Waals surface area contributed by atoms with E-state index in [-0.39, 0.29) is 18.5 Å². The van der Waals surface area contributed by atoms with Crippen molar-refractivity contribution in [3.63, 3.8) is 0 Å². The summed E-state index contributed by atoms with van der Waals surface area (Å²) in [7, 11) is 1.40. The third-order valence-corrected chi connectivity index (χ3v) is 4.74. The molecule has 0 spiro atoms. The highest BCUT2D eigenvalue weighted by Gasteiger charge is 2.34. The molecule has 0 saturated carbocycles. The van der Waals surface area contributed by atoms with Crippen molar-refractivity contribution in [3.8, 4) is 11.6 Å². The van der Waals surface area contributed by atoms with Gasteiger partial charge in [-0.1, -0.05) is 48.5 Å². The van der Waals surface area contributed by atoms with E-state index in [0.717, 1.165) is 22.5 Å². The minimum absolute atomic E-state index is 0.277. The summed E-state index contributed by atoms with van der Waals surface area (Å²) >= 11 is 0. The molecule has 0 amide bonds. The van der Waals surface area contributed by atoms with E-state index in [0.29, 0.717) is 11.5 Å². The number of esters is 1. The third-order valence-electron chi connectivity index (χ3n) is 4.74. The van der Waals surface area contributed by atoms with Crippen LogP contribution in [0.2, 0.25) is 0 Å². The van der Waals surface area contributed by atoms with Gasteiger partial charge >= 0.3 is 5.97 Å². The maximum absolute atomic E-state index is 12.5. The predicted octanol–water partition coefficient (Wildman–Crippen LogP) is 3.80. The number of hydrogen-bond acceptors (Lipinski definition) is 4. The third kappa shape index (κ3) is 3.01. The molecule has 0 fully saturated rings. The molecule has 1 aliphatic heterocycles. The predicted molar refractivity (Wildman–Crippen MR) is 102 cm³/mol. The van der Waals surface area contributed by atoms with Crippen LogP contribution in [0.15, 0.2) is 72.3 Å². The molecule has 2 aromatic carbocycles. The highest BCUT2D eigenvalue weighted by atomic mass is 16.5. The molecule has 1 aromatic heterocycles. The average molecular weight is 360 g/mol. The first-order chi connectivity index (χ1) is 13.2. The van der Waals surface area contributed by atoms with Crippen LogP contribution in [0.3, 0.4) is 0 Å². The second kappa shape index (κ2) is 7.11. The number of nitrogens with zero attached hydrogens (tertiary/aromatic N) is 2. The lowest BCUT2D eigenvalue weighted by Gasteiger charge is -2.18. The number of methoxy groups -OCH3 is 1. The van der Waals surface area contributed by atoms with Crippen LogP contribution in [0.4, 0.5) is 0 Å². The molecule has 136 valence electrons. The zero-order valence-corrected chi connectivity index (χ0v) is 15.3. The molecular formula is C22H20N2O3. The standard InChI is InChI=1S/C22H20N2O3/c1-15-19-20(16-9-5-3-6-10-16)18(22(25)26-2)13-14-27-21(19)24(23-15)17-11-7-4-8-12-17/h3-13,20H,14H2,1-2H3. The largest absolute Gasteiger partial charge is 0.473 e. The van der Waals surface area contributed by atoms with Crippen LogP contribution in [0, 0.1) is 6.92 Å². The Kier molecular flexibility index (Phi) is 4.50. The van der Waals surface area contributed by atoms with Crippen molar-refractivity contribution in [2.24, 2.45) is 0 Å². The number of fused-ring (bicyclic) bond motifs is 1. The zero-order chi connectivity index (χ0) is 18.8. The second-order valence-electron chi connectivity index (χ2n) is 6.36. The molecule has 27 heavy (non-hydrogen) atoms. The molecule has 2 heterocycles. The summed E-state index contributed by atoms with van der Waals surface area (Å²) in [5.74, 6) is 0.00322. The van der Waals surface area contributed by atoms with Crippen molar-refractivity contribution in [2.75, 3.05) is 13.7 Å². The van der Waals surface area contributed by atoms with Gasteiger partial charge in [-0.2, -0.15) is 5.10 Å². The van der Waals surface area contributed by atoms with Crippen molar-refractivity contribution >= 4 is 5.97 Å². The first kappa shape index (κ1) is 17.1. The minimum atomic E-state index is -0.354. The quantitative estimate of drug-likeness (QED) is 0.667. The topological polar surface area (TPSA) is 53.4 Å². The minimum Gasteiger partial charge on any atom is -0.473 e. The molecule has 3 aromatic rings. The van der Waals surface area contributed by atoms with Gasteiger partial charge in [-0.15, -0.1) is 0 Å². The number of aromatic nitrogens is 2. The van der Waals surface area contributed by atoms with E-state index in [2.05, 4.69) is 0 Å². The highest BCUT2D eigenvalue weighted by Crippen LogP contribution is 2.42. The van der Waals surface area contributed by atoms with E-state index in [1.807, 2.05) is 67.6 Å². The lowest BCUT2D eigenvalue weighted by Crippen LogP contribution is -2.15. The molecule has 0 aliphatic carbocycles. The van der Waals surface area contributed by atoms with Gasteiger partial charge in [0, 0.05) is 17.1 Å². The molecule has 1 atom stereocenters. The molecule has 5 heteroatoms. The van der Waals surface area contributed by atoms with Gasteiger partial charge < -0.3 is 9.47 Å². The van der Waals surface area contributed by atoms with Crippen LogP contribution < -0.4 is 4.74 Å². The number of para-hydroxylation sites is 1. The normalized spacial score (nSPS) is 15.9. The Morgan fingerprint density at radius 2 is 1.78 bits per heavy atom. The summed E-state index contributed by atoms with van der Waals surface area (Å²) < 4.78 is 12.9. The molecular weight excluding hydrogens is 340 g/mol. The fourth-order valence-corrected chi connectivity index (χ4v) is 3.53. The van der Waals surface area contributed by atoms with Crippen LogP contribution in [-0.4, -0.2) is 29.5 Å². The van der Waals surface area contributed by atoms with Gasteiger partial charge in [0.25, 0.3) is 0 Å². The van der Waals surface area contributed by atoms with Gasteiger partial charge in [0.05, 0.1) is 18.5 Å². The SMILES string of the molecule is COC(=O)C1=CCOc2c(c(C)nn2-c2ccccc2)C1c1ccccc1. The number of carbonyl (C=O) groups is 1. The zero-order valence-electron chi connectivity index (χ0n) is 15.3. The summed E-state index contributed by atoms with van der Waals surface area (Å²) in [6.45, 7) is 2.22. The molecule has 4 rings (SSSR count). The molecule has 0 N–H and O–H groups in total. The van der Waals surface area contributed by atoms with Crippen molar-refractivity contribution in [2.45, 2.75) is 12.8 Å². The number of ether oxygens (including phenoxy) is 2.